The summed E-state index contributed by atoms with van der Waals surface area (Å²) in [6.07, 6.45) is 2.65. The number of nitrogens with zero attached hydrogens (tertiary/aromatic N) is 2. The zero-order valence-electron chi connectivity index (χ0n) is 18.1. The van der Waals surface area contributed by atoms with E-state index in [0.29, 0.717) is 29.8 Å². The maximum absolute atomic E-state index is 12.4. The van der Waals surface area contributed by atoms with Gasteiger partial charge < -0.3 is 18.8 Å². The topological polar surface area (TPSA) is 91.7 Å². The number of anilines is 1. The summed E-state index contributed by atoms with van der Waals surface area (Å²) < 4.78 is 17.8. The molecule has 0 aliphatic rings. The highest BCUT2D eigenvalue weighted by molar-refractivity contribution is 7.16. The van der Waals surface area contributed by atoms with Gasteiger partial charge >= 0.3 is 5.97 Å². The van der Waals surface area contributed by atoms with Crippen LogP contribution in [0.2, 0.25) is 0 Å². The molecule has 0 saturated carbocycles. The minimum absolute atomic E-state index is 0.172. The zero-order chi connectivity index (χ0) is 22.4. The van der Waals surface area contributed by atoms with Gasteiger partial charge in [0.2, 0.25) is 0 Å². The Bertz CT molecular complexity index is 1060. The maximum Gasteiger partial charge on any atom is 0.357 e. The van der Waals surface area contributed by atoms with Crippen LogP contribution in [-0.2, 0) is 27.2 Å². The molecule has 9 heteroatoms. The molecule has 8 nitrogen and oxygen atoms in total. The Morgan fingerprint density at radius 2 is 2.03 bits per heavy atom. The van der Waals surface area contributed by atoms with E-state index in [9.17, 15) is 9.59 Å². The molecule has 0 radical (unpaired) electrons. The van der Waals surface area contributed by atoms with E-state index in [4.69, 9.17) is 14.2 Å². The smallest absolute Gasteiger partial charge is 0.357 e. The third-order valence-corrected chi connectivity index (χ3v) is 5.58. The number of hydrogen-bond acceptors (Lipinski definition) is 7. The number of esters is 1. The quantitative estimate of drug-likeness (QED) is 0.478. The van der Waals surface area contributed by atoms with Crippen molar-refractivity contribution in [2.75, 3.05) is 32.8 Å². The number of amides is 1. The van der Waals surface area contributed by atoms with Crippen LogP contribution in [0.25, 0.3) is 10.9 Å². The van der Waals surface area contributed by atoms with Gasteiger partial charge in [0.1, 0.15) is 5.75 Å². The van der Waals surface area contributed by atoms with Gasteiger partial charge in [0.15, 0.2) is 17.4 Å². The first kappa shape index (κ1) is 22.8. The van der Waals surface area contributed by atoms with Crippen molar-refractivity contribution in [3.05, 3.63) is 41.0 Å². The van der Waals surface area contributed by atoms with E-state index in [1.54, 1.807) is 7.11 Å². The molecule has 2 aromatic heterocycles. The molecular formula is C22H27N3O5S. The van der Waals surface area contributed by atoms with Gasteiger partial charge in [0.05, 0.1) is 19.2 Å². The highest BCUT2D eigenvalue weighted by atomic mass is 32.1. The molecular weight excluding hydrogens is 418 g/mol. The minimum atomic E-state index is -0.506. The molecule has 0 atom stereocenters. The van der Waals surface area contributed by atoms with Gasteiger partial charge in [-0.15, -0.1) is 11.3 Å². The van der Waals surface area contributed by atoms with Crippen LogP contribution in [0, 0.1) is 5.92 Å². The van der Waals surface area contributed by atoms with Crippen molar-refractivity contribution in [2.24, 2.45) is 5.92 Å². The fraction of sp³-hybridized carbons (Fsp3) is 0.409. The molecule has 0 aliphatic carbocycles. The van der Waals surface area contributed by atoms with Crippen molar-refractivity contribution in [3.8, 4) is 5.75 Å². The van der Waals surface area contributed by atoms with Crippen LogP contribution in [0.15, 0.2) is 30.5 Å². The predicted molar refractivity (Wildman–Crippen MR) is 120 cm³/mol. The number of ether oxygens (including phenoxy) is 3. The Kier molecular flexibility index (Phi) is 7.64. The Morgan fingerprint density at radius 1 is 1.23 bits per heavy atom. The average molecular weight is 446 g/mol. The lowest BCUT2D eigenvalue weighted by Gasteiger charge is -2.09. The number of hydrogen-bond donors (Lipinski definition) is 1. The number of benzene rings is 1. The number of nitrogens with one attached hydrogen (secondary N) is 1. The first-order valence-corrected chi connectivity index (χ1v) is 10.8. The summed E-state index contributed by atoms with van der Waals surface area (Å²) in [7, 11) is 2.98. The van der Waals surface area contributed by atoms with Crippen LogP contribution in [0.4, 0.5) is 5.13 Å². The van der Waals surface area contributed by atoms with E-state index >= 15 is 0 Å². The lowest BCUT2D eigenvalue weighted by Crippen LogP contribution is -2.20. The molecule has 1 N–H and O–H groups in total. The van der Waals surface area contributed by atoms with Crippen LogP contribution >= 0.6 is 11.3 Å². The van der Waals surface area contributed by atoms with Crippen molar-refractivity contribution in [3.63, 3.8) is 0 Å². The fourth-order valence-electron chi connectivity index (χ4n) is 3.17. The van der Waals surface area contributed by atoms with E-state index in [2.05, 4.69) is 28.7 Å². The van der Waals surface area contributed by atoms with Crippen molar-refractivity contribution >= 4 is 39.2 Å². The number of rotatable bonds is 10. The number of fused-ring (bicyclic) bond motifs is 1. The van der Waals surface area contributed by atoms with E-state index < -0.39 is 5.97 Å². The summed E-state index contributed by atoms with van der Waals surface area (Å²) in [5.74, 6) is 0.108. The molecule has 0 unspecified atom stereocenters. The molecule has 3 rings (SSSR count). The minimum Gasteiger partial charge on any atom is -0.483 e. The van der Waals surface area contributed by atoms with Crippen LogP contribution < -0.4 is 10.1 Å². The standard InChI is InChI=1S/C22H27N3O5S/c1-14(2)12-18-20(21(27)29-4)24-22(31-18)23-19(26)13-30-17-7-5-6-16-15(17)8-9-25(16)10-11-28-3/h5-9,14H,10-13H2,1-4H3,(H,23,24,26). The molecule has 0 spiro atoms. The molecule has 3 aromatic rings. The monoisotopic (exact) mass is 445 g/mol. The number of carbonyl (C=O) groups is 2. The molecule has 1 aromatic carbocycles. The van der Waals surface area contributed by atoms with Crippen LogP contribution in [0.1, 0.15) is 29.2 Å². The highest BCUT2D eigenvalue weighted by Crippen LogP contribution is 2.28. The number of methoxy groups -OCH3 is 2. The normalized spacial score (nSPS) is 11.1. The second-order valence-corrected chi connectivity index (χ2v) is 8.49. The van der Waals surface area contributed by atoms with Gasteiger partial charge in [-0.1, -0.05) is 19.9 Å². The zero-order valence-corrected chi connectivity index (χ0v) is 19.0. The van der Waals surface area contributed by atoms with E-state index in [-0.39, 0.29) is 18.2 Å². The lowest BCUT2D eigenvalue weighted by molar-refractivity contribution is -0.118. The Morgan fingerprint density at radius 3 is 2.74 bits per heavy atom. The summed E-state index contributed by atoms with van der Waals surface area (Å²) in [4.78, 5) is 29.5. The number of thiazole rings is 1. The SMILES string of the molecule is COCCn1ccc2c(OCC(=O)Nc3nc(C(=O)OC)c(CC(C)C)s3)cccc21. The predicted octanol–water partition coefficient (Wildman–Crippen LogP) is 3.75. The first-order valence-electron chi connectivity index (χ1n) is 10.00. The Balaban J connectivity index is 1.67. The average Bonchev–Trinajstić information content (AvgIpc) is 3.33. The number of aromatic nitrogens is 2. The summed E-state index contributed by atoms with van der Waals surface area (Å²) in [6.45, 7) is 5.27. The highest BCUT2D eigenvalue weighted by Gasteiger charge is 2.20. The summed E-state index contributed by atoms with van der Waals surface area (Å²) >= 11 is 1.28. The van der Waals surface area contributed by atoms with E-state index in [1.165, 1.54) is 18.4 Å². The molecule has 31 heavy (non-hydrogen) atoms. The van der Waals surface area contributed by atoms with Gasteiger partial charge in [0.25, 0.3) is 5.91 Å². The van der Waals surface area contributed by atoms with Gasteiger partial charge in [0, 0.05) is 30.1 Å². The first-order chi connectivity index (χ1) is 14.9. The van der Waals surface area contributed by atoms with Crippen molar-refractivity contribution in [1.29, 1.82) is 0 Å². The van der Waals surface area contributed by atoms with E-state index in [0.717, 1.165) is 22.3 Å². The van der Waals surface area contributed by atoms with Crippen LogP contribution in [0.5, 0.6) is 5.75 Å². The molecule has 0 bridgehead atoms. The summed E-state index contributed by atoms with van der Waals surface area (Å²) in [5, 5.41) is 4.00. The number of carbonyl (C=O) groups excluding carboxylic acids is 2. The van der Waals surface area contributed by atoms with Gasteiger partial charge in [-0.3, -0.25) is 10.1 Å². The van der Waals surface area contributed by atoms with Gasteiger partial charge in [-0.2, -0.15) is 0 Å². The third-order valence-electron chi connectivity index (χ3n) is 4.58. The Labute approximate surface area is 185 Å². The van der Waals surface area contributed by atoms with Crippen LogP contribution in [0.3, 0.4) is 0 Å². The van der Waals surface area contributed by atoms with Crippen LogP contribution in [-0.4, -0.2) is 48.9 Å². The maximum atomic E-state index is 12.4. The summed E-state index contributed by atoms with van der Waals surface area (Å²) in [5.41, 5.74) is 1.26. The molecule has 0 aliphatic heterocycles. The van der Waals surface area contributed by atoms with Gasteiger partial charge in [-0.05, 0) is 30.5 Å². The second kappa shape index (κ2) is 10.4. The molecule has 0 fully saturated rings. The van der Waals surface area contributed by atoms with Gasteiger partial charge in [-0.25, -0.2) is 9.78 Å². The third kappa shape index (κ3) is 5.62. The van der Waals surface area contributed by atoms with E-state index in [1.807, 2.05) is 30.5 Å². The van der Waals surface area contributed by atoms with Crippen molar-refractivity contribution in [1.82, 2.24) is 9.55 Å². The summed E-state index contributed by atoms with van der Waals surface area (Å²) in [6, 6.07) is 7.67. The Hall–Kier alpha value is -2.91. The second-order valence-electron chi connectivity index (χ2n) is 7.41. The molecule has 2 heterocycles. The lowest BCUT2D eigenvalue weighted by atomic mass is 10.1. The molecule has 0 saturated heterocycles. The van der Waals surface area contributed by atoms with Crippen molar-refractivity contribution in [2.45, 2.75) is 26.8 Å². The molecule has 166 valence electrons. The van der Waals surface area contributed by atoms with Crippen molar-refractivity contribution < 1.29 is 23.8 Å². The largest absolute Gasteiger partial charge is 0.483 e. The molecule has 1 amide bonds. The fourth-order valence-corrected chi connectivity index (χ4v) is 4.35.